The molecule has 4 nitrogen and oxygen atoms in total. The van der Waals surface area contributed by atoms with Crippen LogP contribution in [-0.2, 0) is 9.59 Å². The van der Waals surface area contributed by atoms with Crippen molar-refractivity contribution in [3.8, 4) is 11.5 Å². The zero-order valence-electron chi connectivity index (χ0n) is 42.7. The average Bonchev–Trinajstić information content (AvgIpc) is 3.26. The quantitative estimate of drug-likeness (QED) is 0.0379. The SMILES string of the molecule is CCCCCCCCCCCCCCCCCCCC(=O)Oc1cc(C)c(C)c(Sc2c(C)c(C)cc(OC(=O)CCCCCCCCCCCCCCCCCCC)c2C)c1C. The van der Waals surface area contributed by atoms with Crippen molar-refractivity contribution < 1.29 is 19.1 Å². The van der Waals surface area contributed by atoms with Gasteiger partial charge in [-0.3, -0.25) is 9.59 Å². The van der Waals surface area contributed by atoms with E-state index in [2.05, 4.69) is 55.4 Å². The molecule has 0 saturated heterocycles. The molecule has 0 bridgehead atoms. The molecule has 2 rings (SSSR count). The Morgan fingerprint density at radius 1 is 0.349 bits per heavy atom. The Labute approximate surface area is 394 Å². The van der Waals surface area contributed by atoms with E-state index in [0.717, 1.165) is 57.7 Å². The van der Waals surface area contributed by atoms with Gasteiger partial charge in [-0.25, -0.2) is 0 Å². The summed E-state index contributed by atoms with van der Waals surface area (Å²) in [6.07, 6.45) is 46.0. The molecule has 0 heterocycles. The van der Waals surface area contributed by atoms with Gasteiger partial charge < -0.3 is 9.47 Å². The Balaban J connectivity index is 1.70. The number of esters is 2. The molecule has 5 heteroatoms. The summed E-state index contributed by atoms with van der Waals surface area (Å²) in [6.45, 7) is 17.2. The third-order valence-electron chi connectivity index (χ3n) is 13.6. The van der Waals surface area contributed by atoms with Crippen molar-refractivity contribution in [2.75, 3.05) is 0 Å². The normalized spacial score (nSPS) is 11.4. The van der Waals surface area contributed by atoms with Crippen molar-refractivity contribution >= 4 is 23.7 Å². The summed E-state index contributed by atoms with van der Waals surface area (Å²) in [6, 6.07) is 4.04. The first-order valence-electron chi connectivity index (χ1n) is 26.9. The van der Waals surface area contributed by atoms with Crippen LogP contribution in [0.3, 0.4) is 0 Å². The van der Waals surface area contributed by atoms with Crippen LogP contribution < -0.4 is 9.47 Å². The summed E-state index contributed by atoms with van der Waals surface area (Å²) >= 11 is 1.70. The molecule has 0 N–H and O–H groups in total. The zero-order valence-corrected chi connectivity index (χ0v) is 43.5. The van der Waals surface area contributed by atoms with Crippen LogP contribution in [0.2, 0.25) is 0 Å². The first-order valence-corrected chi connectivity index (χ1v) is 27.7. The van der Waals surface area contributed by atoms with Gasteiger partial charge in [0.25, 0.3) is 0 Å². The van der Waals surface area contributed by atoms with Crippen molar-refractivity contribution in [3.63, 3.8) is 0 Å². The van der Waals surface area contributed by atoms with Gasteiger partial charge in [0.05, 0.1) is 0 Å². The second kappa shape index (κ2) is 36.9. The number of benzene rings is 2. The predicted molar refractivity (Wildman–Crippen MR) is 274 cm³/mol. The molecule has 0 aliphatic heterocycles. The van der Waals surface area contributed by atoms with E-state index in [1.165, 1.54) is 204 Å². The van der Waals surface area contributed by atoms with E-state index in [9.17, 15) is 9.59 Å². The van der Waals surface area contributed by atoms with Crippen LogP contribution in [0.15, 0.2) is 21.9 Å². The van der Waals surface area contributed by atoms with Crippen LogP contribution in [0.1, 0.15) is 278 Å². The second-order valence-corrected chi connectivity index (χ2v) is 20.4. The maximum atomic E-state index is 13.0. The number of ether oxygens (including phenoxy) is 2. The molecule has 0 spiro atoms. The number of aryl methyl sites for hydroxylation is 2. The van der Waals surface area contributed by atoms with E-state index in [1.54, 1.807) is 11.8 Å². The zero-order chi connectivity index (χ0) is 45.9. The molecular formula is C58H98O4S. The van der Waals surface area contributed by atoms with Crippen LogP contribution in [0.5, 0.6) is 11.5 Å². The standard InChI is InChI=1S/C58H98O4S/c1-9-11-13-15-17-19-21-23-25-27-29-31-33-35-37-39-41-43-55(59)61-53-45-47(3)49(5)57(51(53)7)63-58-50(6)48(4)46-54(52(58)8)62-56(60)44-42-40-38-36-34-32-30-28-26-24-22-20-18-16-14-12-10-2/h45-46H,9-44H2,1-8H3. The lowest BCUT2D eigenvalue weighted by atomic mass is 10.0. The van der Waals surface area contributed by atoms with Crippen molar-refractivity contribution in [2.45, 2.75) is 296 Å². The molecule has 0 radical (unpaired) electrons. The molecule has 0 aliphatic carbocycles. The first kappa shape index (κ1) is 56.9. The molecule has 0 saturated carbocycles. The molecule has 2 aromatic rings. The minimum Gasteiger partial charge on any atom is -0.426 e. The second-order valence-electron chi connectivity index (χ2n) is 19.4. The third-order valence-corrected chi connectivity index (χ3v) is 15.2. The first-order chi connectivity index (χ1) is 30.6. The van der Waals surface area contributed by atoms with Crippen molar-refractivity contribution in [3.05, 3.63) is 45.5 Å². The average molecular weight is 891 g/mol. The summed E-state index contributed by atoms with van der Waals surface area (Å²) < 4.78 is 12.1. The van der Waals surface area contributed by atoms with Gasteiger partial charge in [-0.15, -0.1) is 0 Å². The molecule has 0 amide bonds. The van der Waals surface area contributed by atoms with Gasteiger partial charge in [-0.1, -0.05) is 231 Å². The highest BCUT2D eigenvalue weighted by Crippen LogP contribution is 2.44. The van der Waals surface area contributed by atoms with Crippen LogP contribution in [0.4, 0.5) is 0 Å². The predicted octanol–water partition coefficient (Wildman–Crippen LogP) is 19.6. The van der Waals surface area contributed by atoms with E-state index in [-0.39, 0.29) is 11.9 Å². The number of unbranched alkanes of at least 4 members (excludes halogenated alkanes) is 32. The Kier molecular flexibility index (Phi) is 33.3. The summed E-state index contributed by atoms with van der Waals surface area (Å²) in [4.78, 5) is 28.3. The number of rotatable bonds is 40. The fourth-order valence-corrected chi connectivity index (χ4v) is 10.3. The molecule has 2 aromatic carbocycles. The molecule has 63 heavy (non-hydrogen) atoms. The Morgan fingerprint density at radius 3 is 0.810 bits per heavy atom. The Morgan fingerprint density at radius 2 is 0.571 bits per heavy atom. The largest absolute Gasteiger partial charge is 0.426 e. The van der Waals surface area contributed by atoms with Gasteiger partial charge in [0, 0.05) is 33.8 Å². The third kappa shape index (κ3) is 25.9. The van der Waals surface area contributed by atoms with Gasteiger partial charge in [0.2, 0.25) is 0 Å². The van der Waals surface area contributed by atoms with Crippen LogP contribution in [-0.4, -0.2) is 11.9 Å². The highest BCUT2D eigenvalue weighted by molar-refractivity contribution is 7.99. The number of hydrogen-bond donors (Lipinski definition) is 0. The number of hydrogen-bond acceptors (Lipinski definition) is 5. The van der Waals surface area contributed by atoms with Gasteiger partial charge in [0.15, 0.2) is 0 Å². The van der Waals surface area contributed by atoms with E-state index in [4.69, 9.17) is 9.47 Å². The lowest BCUT2D eigenvalue weighted by Crippen LogP contribution is -2.10. The summed E-state index contributed by atoms with van der Waals surface area (Å²) in [5.41, 5.74) is 6.54. The van der Waals surface area contributed by atoms with E-state index < -0.39 is 0 Å². The number of carbonyl (C=O) groups is 2. The van der Waals surface area contributed by atoms with Crippen LogP contribution in [0, 0.1) is 41.5 Å². The fourth-order valence-electron chi connectivity index (χ4n) is 8.93. The van der Waals surface area contributed by atoms with E-state index >= 15 is 0 Å². The van der Waals surface area contributed by atoms with Crippen molar-refractivity contribution in [1.29, 1.82) is 0 Å². The van der Waals surface area contributed by atoms with Crippen LogP contribution >= 0.6 is 11.8 Å². The highest BCUT2D eigenvalue weighted by atomic mass is 32.2. The van der Waals surface area contributed by atoms with Gasteiger partial charge in [-0.2, -0.15) is 0 Å². The van der Waals surface area contributed by atoms with Crippen molar-refractivity contribution in [1.82, 2.24) is 0 Å². The molecule has 0 aromatic heterocycles. The smallest absolute Gasteiger partial charge is 0.311 e. The highest BCUT2D eigenvalue weighted by Gasteiger charge is 2.20. The summed E-state index contributed by atoms with van der Waals surface area (Å²) in [5, 5.41) is 0. The minimum atomic E-state index is -0.144. The summed E-state index contributed by atoms with van der Waals surface area (Å²) in [5.74, 6) is 1.02. The lowest BCUT2D eigenvalue weighted by Gasteiger charge is -2.20. The maximum Gasteiger partial charge on any atom is 0.311 e. The van der Waals surface area contributed by atoms with Gasteiger partial charge in [-0.05, 0) is 88.8 Å². The summed E-state index contributed by atoms with van der Waals surface area (Å²) in [7, 11) is 0. The van der Waals surface area contributed by atoms with E-state index in [0.29, 0.717) is 24.3 Å². The Bertz CT molecular complexity index is 1400. The van der Waals surface area contributed by atoms with Gasteiger partial charge >= 0.3 is 11.9 Å². The van der Waals surface area contributed by atoms with E-state index in [1.807, 2.05) is 12.1 Å². The maximum absolute atomic E-state index is 13.0. The van der Waals surface area contributed by atoms with Gasteiger partial charge in [0.1, 0.15) is 11.5 Å². The number of carbonyl (C=O) groups excluding carboxylic acids is 2. The molecule has 0 unspecified atom stereocenters. The van der Waals surface area contributed by atoms with Crippen molar-refractivity contribution in [2.24, 2.45) is 0 Å². The fraction of sp³-hybridized carbons (Fsp3) is 0.759. The Hall–Kier alpha value is -2.27. The molecule has 0 atom stereocenters. The minimum absolute atomic E-state index is 0.144. The topological polar surface area (TPSA) is 52.6 Å². The van der Waals surface area contributed by atoms with Crippen LogP contribution in [0.25, 0.3) is 0 Å². The molecule has 360 valence electrons. The molecular weight excluding hydrogens is 793 g/mol. The molecule has 0 aliphatic rings. The molecule has 0 fully saturated rings. The lowest BCUT2D eigenvalue weighted by molar-refractivity contribution is -0.135. The monoisotopic (exact) mass is 891 g/mol.